The van der Waals surface area contributed by atoms with Crippen molar-refractivity contribution in [3.63, 3.8) is 0 Å². The molecule has 0 radical (unpaired) electrons. The van der Waals surface area contributed by atoms with Gasteiger partial charge in [0.2, 0.25) is 0 Å². The van der Waals surface area contributed by atoms with Crippen LogP contribution in [-0.2, 0) is 4.79 Å². The van der Waals surface area contributed by atoms with Crippen molar-refractivity contribution in [2.24, 2.45) is 11.3 Å². The molecule has 3 nitrogen and oxygen atoms in total. The third-order valence-electron chi connectivity index (χ3n) is 4.52. The Hall–Kier alpha value is -1.51. The molecule has 116 valence electrons. The summed E-state index contributed by atoms with van der Waals surface area (Å²) in [5.41, 5.74) is 0.901. The Morgan fingerprint density at radius 2 is 2.00 bits per heavy atom. The van der Waals surface area contributed by atoms with Gasteiger partial charge in [0.15, 0.2) is 11.5 Å². The standard InChI is InChI=1S/C18H26O3/c1-12(2)8-9-21-15-7-6-13(10-16(15)20-5)14-11-17(19)18(14,3)4/h6-7,10,12,14H,8-9,11H2,1-5H3. The van der Waals surface area contributed by atoms with E-state index >= 15 is 0 Å². The van der Waals surface area contributed by atoms with E-state index in [-0.39, 0.29) is 11.3 Å². The molecule has 0 amide bonds. The molecule has 1 aliphatic rings. The first-order valence-corrected chi connectivity index (χ1v) is 7.70. The predicted molar refractivity (Wildman–Crippen MR) is 84.1 cm³/mol. The largest absolute Gasteiger partial charge is 0.493 e. The van der Waals surface area contributed by atoms with Crippen molar-refractivity contribution in [3.8, 4) is 11.5 Å². The Bertz CT molecular complexity index is 517. The van der Waals surface area contributed by atoms with E-state index in [0.29, 0.717) is 24.7 Å². The second-order valence-electron chi connectivity index (χ2n) is 6.84. The van der Waals surface area contributed by atoms with Crippen LogP contribution < -0.4 is 9.47 Å². The molecule has 21 heavy (non-hydrogen) atoms. The lowest BCUT2D eigenvalue weighted by Gasteiger charge is -2.43. The van der Waals surface area contributed by atoms with Crippen LogP contribution in [0.4, 0.5) is 0 Å². The molecule has 0 aliphatic heterocycles. The second-order valence-corrected chi connectivity index (χ2v) is 6.84. The van der Waals surface area contributed by atoms with E-state index in [9.17, 15) is 4.79 Å². The van der Waals surface area contributed by atoms with Crippen LogP contribution in [0, 0.1) is 11.3 Å². The fourth-order valence-corrected chi connectivity index (χ4v) is 2.73. The fraction of sp³-hybridized carbons (Fsp3) is 0.611. The molecule has 1 unspecified atom stereocenters. The van der Waals surface area contributed by atoms with Gasteiger partial charge in [0.05, 0.1) is 13.7 Å². The molecule has 1 aromatic rings. The Balaban J connectivity index is 2.11. The highest BCUT2D eigenvalue weighted by Gasteiger charge is 2.47. The maximum absolute atomic E-state index is 11.7. The number of carbonyl (C=O) groups is 1. The minimum Gasteiger partial charge on any atom is -0.493 e. The van der Waals surface area contributed by atoms with Gasteiger partial charge in [0.1, 0.15) is 5.78 Å². The van der Waals surface area contributed by atoms with Crippen LogP contribution in [0.2, 0.25) is 0 Å². The summed E-state index contributed by atoms with van der Waals surface area (Å²) in [6.07, 6.45) is 1.65. The second kappa shape index (κ2) is 6.08. The number of ketones is 1. The lowest BCUT2D eigenvalue weighted by atomic mass is 9.59. The summed E-state index contributed by atoms with van der Waals surface area (Å²) in [6.45, 7) is 9.09. The van der Waals surface area contributed by atoms with E-state index < -0.39 is 0 Å². The third-order valence-corrected chi connectivity index (χ3v) is 4.52. The molecule has 1 saturated carbocycles. The van der Waals surface area contributed by atoms with Gasteiger partial charge in [-0.2, -0.15) is 0 Å². The Morgan fingerprint density at radius 3 is 2.52 bits per heavy atom. The van der Waals surface area contributed by atoms with Gasteiger partial charge in [-0.25, -0.2) is 0 Å². The summed E-state index contributed by atoms with van der Waals surface area (Å²) in [4.78, 5) is 11.7. The highest BCUT2D eigenvalue weighted by atomic mass is 16.5. The van der Waals surface area contributed by atoms with Crippen molar-refractivity contribution in [1.29, 1.82) is 0 Å². The fourth-order valence-electron chi connectivity index (χ4n) is 2.73. The van der Waals surface area contributed by atoms with Crippen molar-refractivity contribution in [1.82, 2.24) is 0 Å². The van der Waals surface area contributed by atoms with Crippen LogP contribution in [0.5, 0.6) is 11.5 Å². The summed E-state index contributed by atoms with van der Waals surface area (Å²) in [5, 5.41) is 0. The van der Waals surface area contributed by atoms with Crippen molar-refractivity contribution in [3.05, 3.63) is 23.8 Å². The SMILES string of the molecule is COc1cc(C2CC(=O)C2(C)C)ccc1OCCC(C)C. The number of Topliss-reactive ketones (excluding diaryl/α,β-unsaturated/α-hetero) is 1. The van der Waals surface area contributed by atoms with Gasteiger partial charge in [-0.15, -0.1) is 0 Å². The number of rotatable bonds is 6. The number of methoxy groups -OCH3 is 1. The first kappa shape index (κ1) is 15.9. The lowest BCUT2D eigenvalue weighted by Crippen LogP contribution is -2.43. The zero-order valence-corrected chi connectivity index (χ0v) is 13.7. The first-order valence-electron chi connectivity index (χ1n) is 7.70. The Morgan fingerprint density at radius 1 is 1.29 bits per heavy atom. The molecule has 3 heteroatoms. The van der Waals surface area contributed by atoms with E-state index in [1.165, 1.54) is 0 Å². The van der Waals surface area contributed by atoms with Crippen molar-refractivity contribution < 1.29 is 14.3 Å². The van der Waals surface area contributed by atoms with E-state index in [1.54, 1.807) is 7.11 Å². The molecule has 2 rings (SSSR count). The molecule has 0 bridgehead atoms. The molecule has 0 N–H and O–H groups in total. The van der Waals surface area contributed by atoms with E-state index in [2.05, 4.69) is 19.9 Å². The number of benzene rings is 1. The number of carbonyl (C=O) groups excluding carboxylic acids is 1. The number of ether oxygens (including phenoxy) is 2. The quantitative estimate of drug-likeness (QED) is 0.787. The van der Waals surface area contributed by atoms with Crippen molar-refractivity contribution in [2.45, 2.75) is 46.5 Å². The van der Waals surface area contributed by atoms with Crippen LogP contribution in [0.15, 0.2) is 18.2 Å². The van der Waals surface area contributed by atoms with E-state index in [1.807, 2.05) is 26.0 Å². The number of hydrogen-bond acceptors (Lipinski definition) is 3. The van der Waals surface area contributed by atoms with Crippen LogP contribution >= 0.6 is 0 Å². The molecule has 1 aliphatic carbocycles. The molecule has 1 atom stereocenters. The Kier molecular flexibility index (Phi) is 4.60. The molecule has 0 saturated heterocycles. The van der Waals surface area contributed by atoms with Gasteiger partial charge in [0.25, 0.3) is 0 Å². The molecular weight excluding hydrogens is 264 g/mol. The van der Waals surface area contributed by atoms with E-state index in [4.69, 9.17) is 9.47 Å². The summed E-state index contributed by atoms with van der Waals surface area (Å²) < 4.78 is 11.3. The van der Waals surface area contributed by atoms with Crippen LogP contribution in [0.3, 0.4) is 0 Å². The molecule has 1 fully saturated rings. The number of hydrogen-bond donors (Lipinski definition) is 0. The van der Waals surface area contributed by atoms with Crippen LogP contribution in [-0.4, -0.2) is 19.5 Å². The molecule has 1 aromatic carbocycles. The topological polar surface area (TPSA) is 35.5 Å². The Labute approximate surface area is 127 Å². The van der Waals surface area contributed by atoms with Crippen LogP contribution in [0.1, 0.15) is 52.0 Å². The molecule has 0 heterocycles. The minimum absolute atomic E-state index is 0.259. The summed E-state index contributed by atoms with van der Waals surface area (Å²) >= 11 is 0. The van der Waals surface area contributed by atoms with Gasteiger partial charge in [-0.3, -0.25) is 4.79 Å². The summed E-state index contributed by atoms with van der Waals surface area (Å²) in [7, 11) is 1.66. The highest BCUT2D eigenvalue weighted by molar-refractivity contribution is 5.92. The average Bonchev–Trinajstić information content (AvgIpc) is 2.44. The maximum Gasteiger partial charge on any atom is 0.161 e. The first-order chi connectivity index (χ1) is 9.86. The third kappa shape index (κ3) is 3.22. The summed E-state index contributed by atoms with van der Waals surface area (Å²) in [5.74, 6) is 2.78. The molecule has 0 aromatic heterocycles. The molecule has 0 spiro atoms. The van der Waals surface area contributed by atoms with Gasteiger partial charge < -0.3 is 9.47 Å². The normalized spacial score (nSPS) is 20.3. The maximum atomic E-state index is 11.7. The zero-order valence-electron chi connectivity index (χ0n) is 13.7. The van der Waals surface area contributed by atoms with Gasteiger partial charge in [0, 0.05) is 17.8 Å². The van der Waals surface area contributed by atoms with Gasteiger partial charge >= 0.3 is 0 Å². The average molecular weight is 290 g/mol. The molecular formula is C18H26O3. The van der Waals surface area contributed by atoms with Crippen molar-refractivity contribution in [2.75, 3.05) is 13.7 Å². The highest BCUT2D eigenvalue weighted by Crippen LogP contribution is 2.50. The monoisotopic (exact) mass is 290 g/mol. The zero-order chi connectivity index (χ0) is 15.6. The minimum atomic E-state index is -0.259. The summed E-state index contributed by atoms with van der Waals surface area (Å²) in [6, 6.07) is 6.04. The van der Waals surface area contributed by atoms with Gasteiger partial charge in [-0.1, -0.05) is 33.8 Å². The lowest BCUT2D eigenvalue weighted by molar-refractivity contribution is -0.137. The van der Waals surface area contributed by atoms with Crippen molar-refractivity contribution >= 4 is 5.78 Å². The van der Waals surface area contributed by atoms with E-state index in [0.717, 1.165) is 23.5 Å². The predicted octanol–water partition coefficient (Wildman–Crippen LogP) is 4.20. The van der Waals surface area contributed by atoms with Crippen LogP contribution in [0.25, 0.3) is 0 Å². The van der Waals surface area contributed by atoms with Gasteiger partial charge in [-0.05, 0) is 30.0 Å². The smallest absolute Gasteiger partial charge is 0.161 e.